The Kier molecular flexibility index (Phi) is 6.45. The van der Waals surface area contributed by atoms with Gasteiger partial charge >= 0.3 is 0 Å². The summed E-state index contributed by atoms with van der Waals surface area (Å²) >= 11 is 0. The van der Waals surface area contributed by atoms with Crippen molar-refractivity contribution in [3.63, 3.8) is 0 Å². The first-order valence-corrected chi connectivity index (χ1v) is 9.60. The number of nitrogens with one attached hydrogen (secondary N) is 1. The number of likely N-dealkylation sites (tertiary alicyclic amines) is 1. The number of carbonyl (C=O) groups is 1. The van der Waals surface area contributed by atoms with Crippen LogP contribution in [0.1, 0.15) is 32.4 Å². The lowest BCUT2D eigenvalue weighted by Crippen LogP contribution is -2.40. The molecule has 1 aliphatic heterocycles. The summed E-state index contributed by atoms with van der Waals surface area (Å²) in [5.74, 6) is 2.02. The summed E-state index contributed by atoms with van der Waals surface area (Å²) in [5.41, 5.74) is 1.65. The Balaban J connectivity index is 1.41. The lowest BCUT2D eigenvalue weighted by atomic mass is 9.96. The van der Waals surface area contributed by atoms with Gasteiger partial charge in [-0.3, -0.25) is 4.79 Å². The molecule has 0 aliphatic carbocycles. The molecule has 0 unspecified atom stereocenters. The molecule has 2 heterocycles. The van der Waals surface area contributed by atoms with Crippen molar-refractivity contribution >= 4 is 5.91 Å². The van der Waals surface area contributed by atoms with E-state index in [0.29, 0.717) is 17.4 Å². The van der Waals surface area contributed by atoms with E-state index < -0.39 is 0 Å². The Morgan fingerprint density at radius 1 is 1.27 bits per heavy atom. The number of nitrogens with zero attached hydrogens (tertiary/aromatic N) is 2. The molecule has 1 amide bonds. The van der Waals surface area contributed by atoms with Gasteiger partial charge in [-0.25, -0.2) is 0 Å². The highest BCUT2D eigenvalue weighted by Crippen LogP contribution is 2.20. The standard InChI is InChI=1S/C21H29N3O2/c1-16(2)15-24-10-8-17(9-11-24)14-22-21(25)13-19-12-20(26-23-19)18-6-4-3-5-7-18/h3-7,12,16-17H,8-11,13-15H2,1-2H3,(H,22,25). The second-order valence-electron chi connectivity index (χ2n) is 7.67. The molecule has 2 aromatic rings. The van der Waals surface area contributed by atoms with E-state index in [1.54, 1.807) is 0 Å². The van der Waals surface area contributed by atoms with Crippen molar-refractivity contribution in [1.29, 1.82) is 0 Å². The molecule has 3 rings (SSSR count). The van der Waals surface area contributed by atoms with Crippen LogP contribution in [0.15, 0.2) is 40.9 Å². The van der Waals surface area contributed by atoms with Crippen LogP contribution in [0.3, 0.4) is 0 Å². The zero-order valence-electron chi connectivity index (χ0n) is 15.8. The summed E-state index contributed by atoms with van der Waals surface area (Å²) in [4.78, 5) is 14.7. The van der Waals surface area contributed by atoms with Crippen molar-refractivity contribution in [3.05, 3.63) is 42.1 Å². The fourth-order valence-electron chi connectivity index (χ4n) is 3.51. The predicted molar refractivity (Wildman–Crippen MR) is 103 cm³/mol. The SMILES string of the molecule is CC(C)CN1CCC(CNC(=O)Cc2cc(-c3ccccc3)on2)CC1. The highest BCUT2D eigenvalue weighted by atomic mass is 16.5. The average molecular weight is 355 g/mol. The second-order valence-corrected chi connectivity index (χ2v) is 7.67. The van der Waals surface area contributed by atoms with Crippen molar-refractivity contribution in [2.45, 2.75) is 33.1 Å². The number of amides is 1. The monoisotopic (exact) mass is 355 g/mol. The van der Waals surface area contributed by atoms with Crippen LogP contribution in [-0.4, -0.2) is 42.1 Å². The summed E-state index contributed by atoms with van der Waals surface area (Å²) < 4.78 is 5.35. The first-order chi connectivity index (χ1) is 12.6. The van der Waals surface area contributed by atoms with Gasteiger partial charge in [0.1, 0.15) is 0 Å². The van der Waals surface area contributed by atoms with Gasteiger partial charge in [0.15, 0.2) is 5.76 Å². The van der Waals surface area contributed by atoms with Crippen LogP contribution in [0.2, 0.25) is 0 Å². The highest BCUT2D eigenvalue weighted by molar-refractivity contribution is 5.78. The van der Waals surface area contributed by atoms with E-state index in [9.17, 15) is 4.79 Å². The van der Waals surface area contributed by atoms with Gasteiger partial charge in [-0.2, -0.15) is 0 Å². The molecule has 1 aromatic heterocycles. The third-order valence-electron chi connectivity index (χ3n) is 4.88. The molecule has 1 N–H and O–H groups in total. The van der Waals surface area contributed by atoms with Crippen molar-refractivity contribution in [2.75, 3.05) is 26.2 Å². The highest BCUT2D eigenvalue weighted by Gasteiger charge is 2.20. The summed E-state index contributed by atoms with van der Waals surface area (Å²) in [7, 11) is 0. The normalized spacial score (nSPS) is 16.1. The Morgan fingerprint density at radius 2 is 2.00 bits per heavy atom. The van der Waals surface area contributed by atoms with Crippen LogP contribution in [-0.2, 0) is 11.2 Å². The average Bonchev–Trinajstić information content (AvgIpc) is 3.10. The molecular weight excluding hydrogens is 326 g/mol. The van der Waals surface area contributed by atoms with Gasteiger partial charge in [-0.1, -0.05) is 49.3 Å². The van der Waals surface area contributed by atoms with Gasteiger partial charge in [0.2, 0.25) is 5.91 Å². The van der Waals surface area contributed by atoms with Crippen LogP contribution in [0.25, 0.3) is 11.3 Å². The molecule has 0 radical (unpaired) electrons. The van der Waals surface area contributed by atoms with Crippen LogP contribution >= 0.6 is 0 Å². The lowest BCUT2D eigenvalue weighted by molar-refractivity contribution is -0.120. The quantitative estimate of drug-likeness (QED) is 0.827. The van der Waals surface area contributed by atoms with E-state index in [1.807, 2.05) is 36.4 Å². The minimum atomic E-state index is 0.0162. The van der Waals surface area contributed by atoms with Gasteiger partial charge in [-0.15, -0.1) is 0 Å². The Labute approximate surface area is 155 Å². The second kappa shape index (κ2) is 8.99. The van der Waals surface area contributed by atoms with E-state index >= 15 is 0 Å². The summed E-state index contributed by atoms with van der Waals surface area (Å²) in [6.07, 6.45) is 2.59. The van der Waals surface area contributed by atoms with E-state index in [-0.39, 0.29) is 12.3 Å². The van der Waals surface area contributed by atoms with Gasteiger partial charge < -0.3 is 14.7 Å². The molecule has 0 bridgehead atoms. The summed E-state index contributed by atoms with van der Waals surface area (Å²) in [6, 6.07) is 11.7. The van der Waals surface area contributed by atoms with Gasteiger partial charge in [0.05, 0.1) is 12.1 Å². The molecule has 140 valence electrons. The lowest BCUT2D eigenvalue weighted by Gasteiger charge is -2.33. The van der Waals surface area contributed by atoms with Crippen molar-refractivity contribution in [3.8, 4) is 11.3 Å². The minimum absolute atomic E-state index is 0.0162. The first kappa shape index (κ1) is 18.6. The molecule has 1 saturated heterocycles. The molecule has 1 aromatic carbocycles. The first-order valence-electron chi connectivity index (χ1n) is 9.60. The van der Waals surface area contributed by atoms with Crippen molar-refractivity contribution in [1.82, 2.24) is 15.4 Å². The summed E-state index contributed by atoms with van der Waals surface area (Å²) in [5, 5.41) is 7.09. The number of benzene rings is 1. The minimum Gasteiger partial charge on any atom is -0.356 e. The number of carbonyl (C=O) groups excluding carboxylic acids is 1. The maximum absolute atomic E-state index is 12.2. The van der Waals surface area contributed by atoms with Crippen molar-refractivity contribution in [2.24, 2.45) is 11.8 Å². The molecule has 1 fully saturated rings. The van der Waals surface area contributed by atoms with E-state index in [2.05, 4.69) is 29.2 Å². The van der Waals surface area contributed by atoms with E-state index in [0.717, 1.165) is 44.0 Å². The van der Waals surface area contributed by atoms with Gasteiger partial charge in [0, 0.05) is 24.7 Å². The van der Waals surface area contributed by atoms with Crippen molar-refractivity contribution < 1.29 is 9.32 Å². The predicted octanol–water partition coefficient (Wildman–Crippen LogP) is 3.37. The fraction of sp³-hybridized carbons (Fsp3) is 0.524. The van der Waals surface area contributed by atoms with Crippen LogP contribution in [0.4, 0.5) is 0 Å². The molecule has 0 saturated carbocycles. The van der Waals surface area contributed by atoms with E-state index in [4.69, 9.17) is 4.52 Å². The Morgan fingerprint density at radius 3 is 2.69 bits per heavy atom. The summed E-state index contributed by atoms with van der Waals surface area (Å²) in [6.45, 7) is 8.75. The number of aromatic nitrogens is 1. The number of piperidine rings is 1. The van der Waals surface area contributed by atoms with Gasteiger partial charge in [-0.05, 0) is 37.8 Å². The third-order valence-corrected chi connectivity index (χ3v) is 4.88. The number of hydrogen-bond acceptors (Lipinski definition) is 4. The zero-order chi connectivity index (χ0) is 18.4. The molecule has 0 spiro atoms. The number of rotatable bonds is 7. The van der Waals surface area contributed by atoms with Gasteiger partial charge in [0.25, 0.3) is 0 Å². The van der Waals surface area contributed by atoms with E-state index in [1.165, 1.54) is 6.54 Å². The van der Waals surface area contributed by atoms with Crippen LogP contribution in [0.5, 0.6) is 0 Å². The molecule has 5 heteroatoms. The Bertz CT molecular complexity index is 688. The Hall–Kier alpha value is -2.14. The third kappa shape index (κ3) is 5.43. The fourth-order valence-corrected chi connectivity index (χ4v) is 3.51. The maximum Gasteiger partial charge on any atom is 0.226 e. The number of hydrogen-bond donors (Lipinski definition) is 1. The molecule has 0 atom stereocenters. The maximum atomic E-state index is 12.2. The van der Waals surface area contributed by atoms with Crippen LogP contribution < -0.4 is 5.32 Å². The van der Waals surface area contributed by atoms with Crippen LogP contribution in [0, 0.1) is 11.8 Å². The molecule has 1 aliphatic rings. The smallest absolute Gasteiger partial charge is 0.226 e. The molecule has 5 nitrogen and oxygen atoms in total. The zero-order valence-corrected chi connectivity index (χ0v) is 15.8. The largest absolute Gasteiger partial charge is 0.356 e. The molecular formula is C21H29N3O2. The molecule has 26 heavy (non-hydrogen) atoms. The topological polar surface area (TPSA) is 58.4 Å².